The molecule has 0 saturated carbocycles. The molecule has 0 bridgehead atoms. The zero-order valence-corrected chi connectivity index (χ0v) is 16.8. The summed E-state index contributed by atoms with van der Waals surface area (Å²) in [6.45, 7) is 0.399. The Kier molecular flexibility index (Phi) is 7.99. The second-order valence-electron chi connectivity index (χ2n) is 7.38. The highest BCUT2D eigenvalue weighted by Crippen LogP contribution is 2.47. The molecule has 168 valence electrons. The molecule has 0 aromatic heterocycles. The molecule has 0 radical (unpaired) electrons. The number of nitrogens with zero attached hydrogens (tertiary/aromatic N) is 1. The van der Waals surface area contributed by atoms with Crippen LogP contribution in [0.5, 0.6) is 0 Å². The molecule has 0 fully saturated rings. The van der Waals surface area contributed by atoms with Crippen LogP contribution in [0.15, 0.2) is 42.0 Å². The normalized spacial score (nSPS) is 16.7. The van der Waals surface area contributed by atoms with Crippen molar-refractivity contribution in [1.82, 2.24) is 0 Å². The first-order valence-electron chi connectivity index (χ1n) is 9.82. The molecule has 0 unspecified atom stereocenters. The molecule has 1 aliphatic heterocycles. The van der Waals surface area contributed by atoms with Crippen LogP contribution >= 0.6 is 0 Å². The van der Waals surface area contributed by atoms with Gasteiger partial charge in [-0.1, -0.05) is 35.9 Å². The zero-order chi connectivity index (χ0) is 23.2. The quantitative estimate of drug-likeness (QED) is 0.387. The summed E-state index contributed by atoms with van der Waals surface area (Å²) in [5.74, 6) is -3.72. The van der Waals surface area contributed by atoms with Gasteiger partial charge >= 0.3 is 12.4 Å². The van der Waals surface area contributed by atoms with Gasteiger partial charge in [0, 0.05) is 18.7 Å². The Morgan fingerprint density at radius 3 is 2.29 bits per heavy atom. The van der Waals surface area contributed by atoms with Crippen LogP contribution in [-0.4, -0.2) is 24.8 Å². The highest BCUT2D eigenvalue weighted by molar-refractivity contribution is 5.95. The number of benzene rings is 1. The van der Waals surface area contributed by atoms with Crippen LogP contribution in [0.3, 0.4) is 0 Å². The van der Waals surface area contributed by atoms with Gasteiger partial charge in [0.25, 0.3) is 0 Å². The molecule has 31 heavy (non-hydrogen) atoms. The minimum atomic E-state index is -5.44. The number of carbonyl (C=O) groups is 1. The van der Waals surface area contributed by atoms with Gasteiger partial charge in [0.15, 0.2) is 5.92 Å². The van der Waals surface area contributed by atoms with E-state index in [0.29, 0.717) is 37.1 Å². The number of hydrogen-bond donors (Lipinski definition) is 0. The topological polar surface area (TPSA) is 20.3 Å². The van der Waals surface area contributed by atoms with Crippen LogP contribution in [0.25, 0.3) is 0 Å². The number of alkyl halides is 6. The number of fused-ring (bicyclic) bond motifs is 1. The number of carbonyl (C=O) groups excluding carboxylic acids is 1. The molecule has 1 aromatic rings. The highest BCUT2D eigenvalue weighted by Gasteiger charge is 2.57. The van der Waals surface area contributed by atoms with E-state index in [-0.39, 0.29) is 12.3 Å². The Morgan fingerprint density at radius 2 is 1.71 bits per heavy atom. The van der Waals surface area contributed by atoms with E-state index in [9.17, 15) is 31.1 Å². The van der Waals surface area contributed by atoms with E-state index in [0.717, 1.165) is 30.5 Å². The molecule has 1 amide bonds. The van der Waals surface area contributed by atoms with Crippen LogP contribution in [0.2, 0.25) is 0 Å². The van der Waals surface area contributed by atoms with Crippen molar-refractivity contribution < 1.29 is 31.1 Å². The van der Waals surface area contributed by atoms with Gasteiger partial charge < -0.3 is 4.90 Å². The Hall–Kier alpha value is -2.69. The van der Waals surface area contributed by atoms with Crippen molar-refractivity contribution >= 4 is 11.6 Å². The fourth-order valence-corrected chi connectivity index (χ4v) is 3.87. The number of anilines is 1. The molecule has 2 aliphatic rings. The molecule has 2 nitrogen and oxygen atoms in total. The lowest BCUT2D eigenvalue weighted by Gasteiger charge is -2.27. The molecular weight excluding hydrogens is 420 g/mol. The third kappa shape index (κ3) is 6.16. The van der Waals surface area contributed by atoms with Gasteiger partial charge in [-0.3, -0.25) is 4.79 Å². The fraction of sp³-hybridized carbons (Fsp3) is 0.435. The Balaban J connectivity index is 0.00000166. The number of terminal acetylenes is 1. The maximum absolute atomic E-state index is 13.1. The van der Waals surface area contributed by atoms with Crippen LogP contribution in [-0.2, 0) is 11.2 Å². The van der Waals surface area contributed by atoms with Crippen LogP contribution < -0.4 is 4.90 Å². The molecule has 0 spiro atoms. The van der Waals surface area contributed by atoms with E-state index in [4.69, 9.17) is 0 Å². The number of halogens is 6. The van der Waals surface area contributed by atoms with Gasteiger partial charge in [0.05, 0.1) is 0 Å². The summed E-state index contributed by atoms with van der Waals surface area (Å²) in [4.78, 5) is 14.3. The van der Waals surface area contributed by atoms with Crippen LogP contribution in [0.4, 0.5) is 32.0 Å². The summed E-state index contributed by atoms with van der Waals surface area (Å²) in [5, 5.41) is 0. The van der Waals surface area contributed by atoms with Crippen LogP contribution in [0.1, 0.15) is 49.1 Å². The second-order valence-corrected chi connectivity index (χ2v) is 7.38. The molecule has 0 saturated heterocycles. The van der Waals surface area contributed by atoms with Crippen LogP contribution in [0, 0.1) is 12.8 Å². The fourth-order valence-electron chi connectivity index (χ4n) is 3.87. The largest absolute Gasteiger partial charge is 0.404 e. The van der Waals surface area contributed by atoms with Crippen molar-refractivity contribution in [3.8, 4) is 12.8 Å². The SMILES string of the molecule is C#C.O=C(CC1=CC=CCC1)N1CCCCc2cc(C(C(F)(F)F)C(F)(F)F)ccc21. The van der Waals surface area contributed by atoms with Gasteiger partial charge in [-0.15, -0.1) is 12.8 Å². The predicted molar refractivity (Wildman–Crippen MR) is 108 cm³/mol. The lowest BCUT2D eigenvalue weighted by molar-refractivity contribution is -0.253. The van der Waals surface area contributed by atoms with Crippen molar-refractivity contribution in [1.29, 1.82) is 0 Å². The molecular formula is C23H23F6NO. The average molecular weight is 443 g/mol. The lowest BCUT2D eigenvalue weighted by atomic mass is 9.93. The standard InChI is InChI=1S/C21H21F6NO.C2H2/c22-20(23,24)19(21(25,26)27)16-9-10-17-15(13-16)8-4-5-11-28(17)18(29)12-14-6-2-1-3-7-14;1-2/h1-2,6,9-10,13,19H,3-5,7-8,11-12H2;1-2H. The molecule has 8 heteroatoms. The number of rotatable bonds is 3. The average Bonchev–Trinajstić information content (AvgIpc) is 2.90. The highest BCUT2D eigenvalue weighted by atomic mass is 19.4. The maximum Gasteiger partial charge on any atom is 0.404 e. The van der Waals surface area contributed by atoms with Gasteiger partial charge in [0.2, 0.25) is 5.91 Å². The molecule has 1 heterocycles. The Labute approximate surface area is 177 Å². The summed E-state index contributed by atoms with van der Waals surface area (Å²) in [5.41, 5.74) is 0.892. The van der Waals surface area contributed by atoms with Gasteiger partial charge in [0.1, 0.15) is 0 Å². The van der Waals surface area contributed by atoms with Gasteiger partial charge in [-0.05, 0) is 49.3 Å². The molecule has 0 atom stereocenters. The Morgan fingerprint density at radius 1 is 1.03 bits per heavy atom. The summed E-state index contributed by atoms with van der Waals surface area (Å²) in [7, 11) is 0. The minimum Gasteiger partial charge on any atom is -0.312 e. The summed E-state index contributed by atoms with van der Waals surface area (Å²) >= 11 is 0. The third-order valence-corrected chi connectivity index (χ3v) is 5.24. The first-order chi connectivity index (χ1) is 14.6. The maximum atomic E-state index is 13.1. The number of amides is 1. The molecule has 0 N–H and O–H groups in total. The van der Waals surface area contributed by atoms with Crippen molar-refractivity contribution in [2.75, 3.05) is 11.4 Å². The molecule has 1 aromatic carbocycles. The second kappa shape index (κ2) is 10.1. The lowest BCUT2D eigenvalue weighted by Crippen LogP contribution is -2.34. The summed E-state index contributed by atoms with van der Waals surface area (Å²) in [6, 6.07) is 3.04. The molecule has 1 aliphatic carbocycles. The van der Waals surface area contributed by atoms with E-state index in [1.807, 2.05) is 18.2 Å². The van der Waals surface area contributed by atoms with Gasteiger partial charge in [-0.25, -0.2) is 0 Å². The monoisotopic (exact) mass is 443 g/mol. The number of hydrogen-bond acceptors (Lipinski definition) is 1. The van der Waals surface area contributed by atoms with E-state index < -0.39 is 23.8 Å². The minimum absolute atomic E-state index is 0.189. The first-order valence-corrected chi connectivity index (χ1v) is 9.82. The van der Waals surface area contributed by atoms with E-state index in [1.54, 1.807) is 0 Å². The first kappa shape index (κ1) is 24.6. The zero-order valence-electron chi connectivity index (χ0n) is 16.8. The third-order valence-electron chi connectivity index (χ3n) is 5.24. The predicted octanol–water partition coefficient (Wildman–Crippen LogP) is 6.48. The van der Waals surface area contributed by atoms with Crippen molar-refractivity contribution in [3.05, 3.63) is 53.1 Å². The van der Waals surface area contributed by atoms with Gasteiger partial charge in [-0.2, -0.15) is 26.3 Å². The van der Waals surface area contributed by atoms with Crippen molar-refractivity contribution in [2.24, 2.45) is 0 Å². The van der Waals surface area contributed by atoms with Crippen molar-refractivity contribution in [3.63, 3.8) is 0 Å². The summed E-state index contributed by atoms with van der Waals surface area (Å²) in [6.07, 6.45) is 6.24. The smallest absolute Gasteiger partial charge is 0.312 e. The molecule has 3 rings (SSSR count). The number of allylic oxidation sites excluding steroid dienone is 3. The van der Waals surface area contributed by atoms with E-state index in [1.165, 1.54) is 11.0 Å². The van der Waals surface area contributed by atoms with E-state index in [2.05, 4.69) is 12.8 Å². The van der Waals surface area contributed by atoms with E-state index >= 15 is 0 Å². The number of aryl methyl sites for hydroxylation is 1. The summed E-state index contributed by atoms with van der Waals surface area (Å²) < 4.78 is 78.5. The Bertz CT molecular complexity index is 849. The van der Waals surface area contributed by atoms with Crippen molar-refractivity contribution in [2.45, 2.75) is 56.8 Å².